The number of methoxy groups -OCH3 is 1. The maximum atomic E-state index is 12.5. The van der Waals surface area contributed by atoms with E-state index in [4.69, 9.17) is 4.74 Å². The quantitative estimate of drug-likeness (QED) is 0.834. The molecule has 0 fully saturated rings. The Kier molecular flexibility index (Phi) is 6.06. The van der Waals surface area contributed by atoms with Crippen LogP contribution in [0.4, 0.5) is 5.95 Å². The Labute approximate surface area is 142 Å². The average Bonchev–Trinajstić information content (AvgIpc) is 2.61. The summed E-state index contributed by atoms with van der Waals surface area (Å²) in [5.41, 5.74) is 1.000. The third kappa shape index (κ3) is 4.41. The highest BCUT2D eigenvalue weighted by molar-refractivity contribution is 5.83. The van der Waals surface area contributed by atoms with E-state index in [0.717, 1.165) is 12.0 Å². The van der Waals surface area contributed by atoms with E-state index in [2.05, 4.69) is 20.3 Å². The molecule has 7 nitrogen and oxygen atoms in total. The van der Waals surface area contributed by atoms with Gasteiger partial charge in [-0.3, -0.25) is 4.79 Å². The first-order valence-corrected chi connectivity index (χ1v) is 7.84. The van der Waals surface area contributed by atoms with Crippen molar-refractivity contribution in [2.24, 2.45) is 0 Å². The maximum Gasteiger partial charge on any atom is 0.321 e. The summed E-state index contributed by atoms with van der Waals surface area (Å²) in [5.74, 6) is 0.709. The summed E-state index contributed by atoms with van der Waals surface area (Å²) in [6.45, 7) is 2.22. The molecule has 24 heavy (non-hydrogen) atoms. The third-order valence-electron chi connectivity index (χ3n) is 3.58. The zero-order valence-electron chi connectivity index (χ0n) is 14.5. The van der Waals surface area contributed by atoms with Crippen molar-refractivity contribution in [2.45, 2.75) is 25.8 Å². The molecule has 0 radical (unpaired) electrons. The van der Waals surface area contributed by atoms with Crippen molar-refractivity contribution < 1.29 is 9.53 Å². The van der Waals surface area contributed by atoms with Gasteiger partial charge < -0.3 is 15.0 Å². The number of hydrogen-bond acceptors (Lipinski definition) is 6. The molecule has 0 aliphatic carbocycles. The lowest BCUT2D eigenvalue weighted by Gasteiger charge is -2.16. The van der Waals surface area contributed by atoms with Gasteiger partial charge in [0.2, 0.25) is 11.9 Å². The third-order valence-corrected chi connectivity index (χ3v) is 3.58. The van der Waals surface area contributed by atoms with Gasteiger partial charge in [0.1, 0.15) is 0 Å². The number of nitrogens with zero attached hydrogens (tertiary/aromatic N) is 4. The van der Waals surface area contributed by atoms with Gasteiger partial charge in [-0.25, -0.2) is 0 Å². The molecule has 0 bridgehead atoms. The largest absolute Gasteiger partial charge is 0.467 e. The lowest BCUT2D eigenvalue weighted by molar-refractivity contribution is -0.122. The van der Waals surface area contributed by atoms with Crippen LogP contribution in [0.1, 0.15) is 30.7 Å². The molecule has 0 aliphatic heterocycles. The molecule has 2 rings (SSSR count). The molecule has 1 aromatic heterocycles. The number of rotatable bonds is 7. The van der Waals surface area contributed by atoms with Crippen molar-refractivity contribution in [2.75, 3.05) is 26.1 Å². The van der Waals surface area contributed by atoms with Crippen LogP contribution in [-0.4, -0.2) is 42.1 Å². The fourth-order valence-electron chi connectivity index (χ4n) is 2.30. The van der Waals surface area contributed by atoms with Gasteiger partial charge in [0.05, 0.1) is 19.6 Å². The van der Waals surface area contributed by atoms with Crippen molar-refractivity contribution in [1.82, 2.24) is 20.3 Å². The number of amides is 1. The predicted octanol–water partition coefficient (Wildman–Crippen LogP) is 1.76. The topological polar surface area (TPSA) is 80.2 Å². The maximum absolute atomic E-state index is 12.5. The van der Waals surface area contributed by atoms with Crippen molar-refractivity contribution in [1.29, 1.82) is 0 Å². The standard InChI is InChI=1S/C17H23N5O2/c1-5-13(12-9-7-6-8-10-12)15(23)18-11-14-19-16(22(2)3)21-17(20-14)24-4/h6-10,13H,5,11H2,1-4H3,(H,18,23)/t13-/m1/s1. The highest BCUT2D eigenvalue weighted by atomic mass is 16.5. The lowest BCUT2D eigenvalue weighted by Crippen LogP contribution is -2.30. The number of benzene rings is 1. The average molecular weight is 329 g/mol. The lowest BCUT2D eigenvalue weighted by atomic mass is 9.96. The summed E-state index contributed by atoms with van der Waals surface area (Å²) >= 11 is 0. The fourth-order valence-corrected chi connectivity index (χ4v) is 2.30. The van der Waals surface area contributed by atoms with Gasteiger partial charge in [0.15, 0.2) is 5.82 Å². The van der Waals surface area contributed by atoms with Gasteiger partial charge in [-0.1, -0.05) is 37.3 Å². The normalized spacial score (nSPS) is 11.7. The van der Waals surface area contributed by atoms with Gasteiger partial charge in [0.25, 0.3) is 0 Å². The Bertz CT molecular complexity index is 676. The van der Waals surface area contributed by atoms with Crippen LogP contribution in [0.2, 0.25) is 0 Å². The number of carbonyl (C=O) groups excluding carboxylic acids is 1. The summed E-state index contributed by atoms with van der Waals surface area (Å²) < 4.78 is 5.09. The molecule has 0 saturated heterocycles. The number of hydrogen-bond donors (Lipinski definition) is 1. The van der Waals surface area contributed by atoms with Crippen LogP contribution >= 0.6 is 0 Å². The fraction of sp³-hybridized carbons (Fsp3) is 0.412. The first kappa shape index (κ1) is 17.7. The number of nitrogens with one attached hydrogen (secondary N) is 1. The molecule has 1 atom stereocenters. The minimum Gasteiger partial charge on any atom is -0.467 e. The molecular weight excluding hydrogens is 306 g/mol. The molecule has 128 valence electrons. The van der Waals surface area contributed by atoms with Crippen molar-refractivity contribution in [3.63, 3.8) is 0 Å². The van der Waals surface area contributed by atoms with Crippen LogP contribution in [0.25, 0.3) is 0 Å². The van der Waals surface area contributed by atoms with Gasteiger partial charge in [-0.15, -0.1) is 0 Å². The Morgan fingerprint density at radius 3 is 2.50 bits per heavy atom. The van der Waals surface area contributed by atoms with E-state index in [1.807, 2.05) is 51.4 Å². The Morgan fingerprint density at radius 1 is 1.21 bits per heavy atom. The van der Waals surface area contributed by atoms with E-state index in [1.54, 1.807) is 4.90 Å². The Balaban J connectivity index is 2.09. The highest BCUT2D eigenvalue weighted by Gasteiger charge is 2.18. The van der Waals surface area contributed by atoms with E-state index in [0.29, 0.717) is 11.8 Å². The van der Waals surface area contributed by atoms with E-state index < -0.39 is 0 Å². The SMILES string of the molecule is CC[C@@H](C(=O)NCc1nc(OC)nc(N(C)C)n1)c1ccccc1. The second kappa shape index (κ2) is 8.24. The van der Waals surface area contributed by atoms with Crippen LogP contribution in [0.5, 0.6) is 6.01 Å². The van der Waals surface area contributed by atoms with Crippen LogP contribution < -0.4 is 15.0 Å². The van der Waals surface area contributed by atoms with Crippen LogP contribution in [0.15, 0.2) is 30.3 Å². The second-order valence-electron chi connectivity index (χ2n) is 5.52. The molecule has 0 unspecified atom stereocenters. The van der Waals surface area contributed by atoms with Gasteiger partial charge in [0, 0.05) is 14.1 Å². The van der Waals surface area contributed by atoms with E-state index >= 15 is 0 Å². The van der Waals surface area contributed by atoms with E-state index in [-0.39, 0.29) is 24.4 Å². The van der Waals surface area contributed by atoms with Gasteiger partial charge >= 0.3 is 6.01 Å². The summed E-state index contributed by atoms with van der Waals surface area (Å²) in [6, 6.07) is 9.96. The minimum atomic E-state index is -0.191. The molecule has 1 aromatic carbocycles. The molecule has 7 heteroatoms. The van der Waals surface area contributed by atoms with E-state index in [9.17, 15) is 4.79 Å². The number of ether oxygens (including phenoxy) is 1. The first-order chi connectivity index (χ1) is 11.5. The van der Waals surface area contributed by atoms with Crippen molar-refractivity contribution in [3.05, 3.63) is 41.7 Å². The summed E-state index contributed by atoms with van der Waals surface area (Å²) in [5, 5.41) is 2.90. The minimum absolute atomic E-state index is 0.0468. The molecule has 2 aromatic rings. The molecular formula is C17H23N5O2. The summed E-state index contributed by atoms with van der Waals surface area (Å²) in [7, 11) is 5.17. The smallest absolute Gasteiger partial charge is 0.321 e. The molecule has 0 spiro atoms. The molecule has 0 saturated carbocycles. The predicted molar refractivity (Wildman–Crippen MR) is 92.0 cm³/mol. The van der Waals surface area contributed by atoms with Crippen LogP contribution in [0, 0.1) is 0 Å². The Morgan fingerprint density at radius 2 is 1.92 bits per heavy atom. The number of aromatic nitrogens is 3. The van der Waals surface area contributed by atoms with E-state index in [1.165, 1.54) is 7.11 Å². The Hall–Kier alpha value is -2.70. The molecule has 1 amide bonds. The first-order valence-electron chi connectivity index (χ1n) is 7.84. The summed E-state index contributed by atoms with van der Waals surface area (Å²) in [6.07, 6.45) is 0.722. The van der Waals surface area contributed by atoms with Gasteiger partial charge in [-0.05, 0) is 12.0 Å². The van der Waals surface area contributed by atoms with Crippen LogP contribution in [0.3, 0.4) is 0 Å². The second-order valence-corrected chi connectivity index (χ2v) is 5.52. The zero-order chi connectivity index (χ0) is 17.5. The molecule has 1 N–H and O–H groups in total. The monoisotopic (exact) mass is 329 g/mol. The highest BCUT2D eigenvalue weighted by Crippen LogP contribution is 2.19. The number of anilines is 1. The van der Waals surface area contributed by atoms with Crippen LogP contribution in [-0.2, 0) is 11.3 Å². The number of carbonyl (C=O) groups is 1. The molecule has 0 aliphatic rings. The summed E-state index contributed by atoms with van der Waals surface area (Å²) in [4.78, 5) is 26.9. The van der Waals surface area contributed by atoms with Crippen molar-refractivity contribution >= 4 is 11.9 Å². The van der Waals surface area contributed by atoms with Gasteiger partial charge in [-0.2, -0.15) is 15.0 Å². The van der Waals surface area contributed by atoms with Crippen molar-refractivity contribution in [3.8, 4) is 6.01 Å². The zero-order valence-corrected chi connectivity index (χ0v) is 14.5. The molecule has 1 heterocycles.